The molecule has 0 radical (unpaired) electrons. The van der Waals surface area contributed by atoms with Crippen molar-refractivity contribution in [2.75, 3.05) is 0 Å². The summed E-state index contributed by atoms with van der Waals surface area (Å²) in [7, 11) is 0. The van der Waals surface area contributed by atoms with Gasteiger partial charge in [-0.1, -0.05) is 12.8 Å². The zero-order valence-electron chi connectivity index (χ0n) is 10.3. The van der Waals surface area contributed by atoms with Crippen LogP contribution in [0.2, 0.25) is 0 Å². The molecule has 0 unspecified atom stereocenters. The SMILES string of the molecule is CC(C)(C)OC(=O)NC1CCCC1.NC=O. The van der Waals surface area contributed by atoms with Crippen LogP contribution in [0.4, 0.5) is 4.79 Å². The molecule has 0 aromatic heterocycles. The predicted molar refractivity (Wildman–Crippen MR) is 61.9 cm³/mol. The fourth-order valence-electron chi connectivity index (χ4n) is 1.54. The van der Waals surface area contributed by atoms with Gasteiger partial charge in [0.25, 0.3) is 0 Å². The largest absolute Gasteiger partial charge is 0.444 e. The van der Waals surface area contributed by atoms with Gasteiger partial charge in [-0.15, -0.1) is 0 Å². The number of alkyl carbamates (subject to hydrolysis) is 1. The van der Waals surface area contributed by atoms with Crippen LogP contribution in [0, 0.1) is 0 Å². The third kappa shape index (κ3) is 8.08. The summed E-state index contributed by atoms with van der Waals surface area (Å²) in [6.07, 6.45) is 4.61. The van der Waals surface area contributed by atoms with Crippen molar-refractivity contribution in [1.29, 1.82) is 0 Å². The van der Waals surface area contributed by atoms with E-state index in [2.05, 4.69) is 11.1 Å². The number of nitrogens with two attached hydrogens (primary N) is 1. The molecule has 1 aliphatic carbocycles. The molecule has 1 saturated carbocycles. The van der Waals surface area contributed by atoms with E-state index >= 15 is 0 Å². The van der Waals surface area contributed by atoms with Crippen LogP contribution in [-0.4, -0.2) is 24.1 Å². The summed E-state index contributed by atoms with van der Waals surface area (Å²) in [5.41, 5.74) is 3.78. The molecule has 0 aliphatic heterocycles. The number of ether oxygens (including phenoxy) is 1. The molecule has 0 heterocycles. The smallest absolute Gasteiger partial charge is 0.407 e. The van der Waals surface area contributed by atoms with E-state index < -0.39 is 0 Å². The predicted octanol–water partition coefficient (Wildman–Crippen LogP) is 1.56. The quantitative estimate of drug-likeness (QED) is 0.671. The summed E-state index contributed by atoms with van der Waals surface area (Å²) in [5, 5.41) is 2.87. The Morgan fingerprint density at radius 1 is 1.38 bits per heavy atom. The van der Waals surface area contributed by atoms with Crippen LogP contribution in [0.5, 0.6) is 0 Å². The minimum absolute atomic E-state index is 0.250. The van der Waals surface area contributed by atoms with Gasteiger partial charge in [0, 0.05) is 6.04 Å². The third-order valence-corrected chi connectivity index (χ3v) is 2.08. The number of primary amides is 1. The highest BCUT2D eigenvalue weighted by Crippen LogP contribution is 2.18. The Morgan fingerprint density at radius 3 is 2.19 bits per heavy atom. The normalized spacial score (nSPS) is 15.9. The fourth-order valence-corrected chi connectivity index (χ4v) is 1.54. The van der Waals surface area contributed by atoms with E-state index in [0.717, 1.165) is 12.8 Å². The Bertz CT molecular complexity index is 218. The second kappa shape index (κ2) is 7.09. The maximum Gasteiger partial charge on any atom is 0.407 e. The van der Waals surface area contributed by atoms with Crippen molar-refractivity contribution in [3.8, 4) is 0 Å². The van der Waals surface area contributed by atoms with Crippen molar-refractivity contribution in [2.45, 2.75) is 58.1 Å². The molecular weight excluding hydrogens is 208 g/mol. The number of carbonyl (C=O) groups is 2. The van der Waals surface area contributed by atoms with Crippen LogP contribution >= 0.6 is 0 Å². The number of rotatable bonds is 1. The molecule has 1 aliphatic rings. The number of nitrogens with one attached hydrogen (secondary N) is 1. The van der Waals surface area contributed by atoms with E-state index in [4.69, 9.17) is 9.53 Å². The summed E-state index contributed by atoms with van der Waals surface area (Å²) in [4.78, 5) is 19.9. The zero-order valence-corrected chi connectivity index (χ0v) is 10.3. The minimum Gasteiger partial charge on any atom is -0.444 e. The molecule has 0 saturated heterocycles. The van der Waals surface area contributed by atoms with Crippen molar-refractivity contribution < 1.29 is 14.3 Å². The van der Waals surface area contributed by atoms with E-state index in [1.165, 1.54) is 12.8 Å². The molecule has 0 bridgehead atoms. The molecule has 0 aromatic rings. The Kier molecular flexibility index (Phi) is 6.53. The van der Waals surface area contributed by atoms with E-state index in [1.807, 2.05) is 20.8 Å². The van der Waals surface area contributed by atoms with Gasteiger partial charge in [-0.25, -0.2) is 4.79 Å². The second-order valence-electron chi connectivity index (χ2n) is 4.76. The molecule has 0 aromatic carbocycles. The van der Waals surface area contributed by atoms with Crippen LogP contribution in [-0.2, 0) is 9.53 Å². The van der Waals surface area contributed by atoms with E-state index in [-0.39, 0.29) is 18.1 Å². The number of hydrogen-bond donors (Lipinski definition) is 2. The first-order valence-electron chi connectivity index (χ1n) is 5.54. The van der Waals surface area contributed by atoms with Crippen molar-refractivity contribution in [2.24, 2.45) is 5.73 Å². The van der Waals surface area contributed by atoms with Crippen LogP contribution < -0.4 is 11.1 Å². The first kappa shape index (κ1) is 14.7. The summed E-state index contributed by atoms with van der Waals surface area (Å²) in [6, 6.07) is 0.342. The number of amides is 2. The van der Waals surface area contributed by atoms with Crippen molar-refractivity contribution >= 4 is 12.5 Å². The van der Waals surface area contributed by atoms with Crippen LogP contribution in [0.15, 0.2) is 0 Å². The van der Waals surface area contributed by atoms with Gasteiger partial charge in [0.1, 0.15) is 5.60 Å². The lowest BCUT2D eigenvalue weighted by atomic mass is 10.2. The topological polar surface area (TPSA) is 81.4 Å². The third-order valence-electron chi connectivity index (χ3n) is 2.08. The highest BCUT2D eigenvalue weighted by Gasteiger charge is 2.21. The molecule has 94 valence electrons. The van der Waals surface area contributed by atoms with E-state index in [1.54, 1.807) is 0 Å². The van der Waals surface area contributed by atoms with Crippen molar-refractivity contribution in [3.63, 3.8) is 0 Å². The lowest BCUT2D eigenvalue weighted by Crippen LogP contribution is -2.37. The lowest BCUT2D eigenvalue weighted by molar-refractivity contribution is -0.106. The standard InChI is InChI=1S/C10H19NO2.CH3NO/c1-10(2,3)13-9(12)11-8-6-4-5-7-8;2-1-3/h8H,4-7H2,1-3H3,(H,11,12);1H,(H2,2,3). The highest BCUT2D eigenvalue weighted by atomic mass is 16.6. The van der Waals surface area contributed by atoms with Gasteiger partial charge in [-0.05, 0) is 33.6 Å². The van der Waals surface area contributed by atoms with Crippen molar-refractivity contribution in [3.05, 3.63) is 0 Å². The van der Waals surface area contributed by atoms with Gasteiger partial charge in [0.05, 0.1) is 0 Å². The van der Waals surface area contributed by atoms with Gasteiger partial charge >= 0.3 is 6.09 Å². The summed E-state index contributed by atoms with van der Waals surface area (Å²) in [6.45, 7) is 5.63. The maximum atomic E-state index is 11.3. The molecule has 5 heteroatoms. The summed E-state index contributed by atoms with van der Waals surface area (Å²) in [5.74, 6) is 0. The average molecular weight is 230 g/mol. The molecule has 1 rings (SSSR count). The maximum absolute atomic E-state index is 11.3. The first-order chi connectivity index (χ1) is 7.39. The highest BCUT2D eigenvalue weighted by molar-refractivity contribution is 5.68. The van der Waals surface area contributed by atoms with Gasteiger partial charge in [-0.3, -0.25) is 4.79 Å². The van der Waals surface area contributed by atoms with Crippen LogP contribution in [0.1, 0.15) is 46.5 Å². The molecule has 5 nitrogen and oxygen atoms in total. The summed E-state index contributed by atoms with van der Waals surface area (Å²) < 4.78 is 5.15. The molecule has 1 fully saturated rings. The zero-order chi connectivity index (χ0) is 12.6. The molecule has 2 amide bonds. The van der Waals surface area contributed by atoms with Gasteiger partial charge in [-0.2, -0.15) is 0 Å². The Balaban J connectivity index is 0.000000673. The van der Waals surface area contributed by atoms with Gasteiger partial charge < -0.3 is 15.8 Å². The molecule has 0 atom stereocenters. The average Bonchev–Trinajstić information content (AvgIpc) is 2.54. The van der Waals surface area contributed by atoms with E-state index in [0.29, 0.717) is 6.04 Å². The van der Waals surface area contributed by atoms with Gasteiger partial charge in [0.15, 0.2) is 0 Å². The first-order valence-corrected chi connectivity index (χ1v) is 5.54. The van der Waals surface area contributed by atoms with Crippen LogP contribution in [0.25, 0.3) is 0 Å². The number of carbonyl (C=O) groups excluding carboxylic acids is 2. The molecular formula is C11H22N2O3. The minimum atomic E-state index is -0.386. The molecule has 3 N–H and O–H groups in total. The van der Waals surface area contributed by atoms with Gasteiger partial charge in [0.2, 0.25) is 6.41 Å². The van der Waals surface area contributed by atoms with Crippen molar-refractivity contribution in [1.82, 2.24) is 5.32 Å². The summed E-state index contributed by atoms with van der Waals surface area (Å²) >= 11 is 0. The Hall–Kier alpha value is -1.26. The lowest BCUT2D eigenvalue weighted by Gasteiger charge is -2.21. The number of hydrogen-bond acceptors (Lipinski definition) is 3. The second-order valence-corrected chi connectivity index (χ2v) is 4.76. The monoisotopic (exact) mass is 230 g/mol. The Labute approximate surface area is 96.7 Å². The molecule has 16 heavy (non-hydrogen) atoms. The van der Waals surface area contributed by atoms with E-state index in [9.17, 15) is 4.79 Å². The molecule has 0 spiro atoms. The Morgan fingerprint density at radius 2 is 1.81 bits per heavy atom. The fraction of sp³-hybridized carbons (Fsp3) is 0.818. The van der Waals surface area contributed by atoms with Crippen LogP contribution in [0.3, 0.4) is 0 Å².